The molecule has 4 aromatic rings. The molecule has 0 saturated heterocycles. The zero-order chi connectivity index (χ0) is 19.6. The average Bonchev–Trinajstić information content (AvgIpc) is 2.68. The van der Waals surface area contributed by atoms with E-state index in [1.165, 1.54) is 30.3 Å². The summed E-state index contributed by atoms with van der Waals surface area (Å²) in [6, 6.07) is 22.9. The lowest BCUT2D eigenvalue weighted by Gasteiger charge is -2.11. The summed E-state index contributed by atoms with van der Waals surface area (Å²) in [5.74, 6) is 1.16. The molecule has 0 radical (unpaired) electrons. The van der Waals surface area contributed by atoms with Crippen LogP contribution >= 0.6 is 0 Å². The minimum atomic E-state index is -3.83. The Kier molecular flexibility index (Phi) is 4.58. The van der Waals surface area contributed by atoms with E-state index >= 15 is 0 Å². The molecule has 28 heavy (non-hydrogen) atoms. The molecular formula is C21H15NO5S. The van der Waals surface area contributed by atoms with Gasteiger partial charge in [-0.1, -0.05) is 24.3 Å². The zero-order valence-electron chi connectivity index (χ0n) is 14.5. The molecule has 1 N–H and O–H groups in total. The van der Waals surface area contributed by atoms with Gasteiger partial charge in [-0.3, -0.25) is 4.72 Å². The van der Waals surface area contributed by atoms with Crippen LogP contribution in [0.5, 0.6) is 11.5 Å². The van der Waals surface area contributed by atoms with Gasteiger partial charge in [-0.05, 0) is 48.5 Å². The first-order valence-electron chi connectivity index (χ1n) is 8.39. The third-order valence-corrected chi connectivity index (χ3v) is 5.35. The molecule has 140 valence electrons. The number of nitrogens with one attached hydrogen (secondary N) is 1. The molecule has 0 atom stereocenters. The smallest absolute Gasteiger partial charge is 0.336 e. The summed E-state index contributed by atoms with van der Waals surface area (Å²) in [5.41, 5.74) is 0.203. The Bertz CT molecular complexity index is 1300. The quantitative estimate of drug-likeness (QED) is 0.509. The lowest BCUT2D eigenvalue weighted by Crippen LogP contribution is -2.13. The Hall–Kier alpha value is -3.58. The van der Waals surface area contributed by atoms with Crippen LogP contribution in [0.25, 0.3) is 11.0 Å². The summed E-state index contributed by atoms with van der Waals surface area (Å²) in [6.07, 6.45) is 0. The van der Waals surface area contributed by atoms with Crippen LogP contribution in [0, 0.1) is 0 Å². The van der Waals surface area contributed by atoms with Crippen LogP contribution in [0.1, 0.15) is 0 Å². The van der Waals surface area contributed by atoms with Gasteiger partial charge in [0.15, 0.2) is 0 Å². The third kappa shape index (κ3) is 3.89. The van der Waals surface area contributed by atoms with E-state index in [0.717, 1.165) is 0 Å². The summed E-state index contributed by atoms with van der Waals surface area (Å²) < 4.78 is 38.8. The molecule has 0 fully saturated rings. The van der Waals surface area contributed by atoms with Gasteiger partial charge in [0.1, 0.15) is 17.1 Å². The SMILES string of the molecule is O=c1ccc2cc(S(=O)(=O)Nc3cccc(Oc4ccccc4)c3)ccc2o1. The maximum Gasteiger partial charge on any atom is 0.336 e. The Morgan fingerprint density at radius 1 is 0.786 bits per heavy atom. The molecule has 6 nitrogen and oxygen atoms in total. The molecule has 0 saturated carbocycles. The van der Waals surface area contributed by atoms with Crippen molar-refractivity contribution < 1.29 is 17.6 Å². The fraction of sp³-hybridized carbons (Fsp3) is 0. The van der Waals surface area contributed by atoms with Crippen molar-refractivity contribution >= 4 is 26.7 Å². The number of ether oxygens (including phenoxy) is 1. The minimum Gasteiger partial charge on any atom is -0.457 e. The molecule has 0 aliphatic carbocycles. The van der Waals surface area contributed by atoms with E-state index in [0.29, 0.717) is 28.2 Å². The van der Waals surface area contributed by atoms with E-state index < -0.39 is 15.6 Å². The molecule has 0 bridgehead atoms. The normalized spacial score (nSPS) is 11.3. The summed E-state index contributed by atoms with van der Waals surface area (Å²) in [6.45, 7) is 0. The lowest BCUT2D eigenvalue weighted by atomic mass is 10.2. The van der Waals surface area contributed by atoms with Gasteiger partial charge in [-0.2, -0.15) is 0 Å². The van der Waals surface area contributed by atoms with Crippen molar-refractivity contribution in [3.8, 4) is 11.5 Å². The standard InChI is InChI=1S/C21H15NO5S/c23-21-12-9-15-13-19(10-11-20(15)27-21)28(24,25)22-16-5-4-8-18(14-16)26-17-6-2-1-3-7-17/h1-14,22H. The van der Waals surface area contributed by atoms with Crippen LogP contribution in [0.4, 0.5) is 5.69 Å². The summed E-state index contributed by atoms with van der Waals surface area (Å²) in [5, 5.41) is 0.517. The van der Waals surface area contributed by atoms with Gasteiger partial charge in [0.25, 0.3) is 10.0 Å². The molecule has 0 spiro atoms. The van der Waals surface area contributed by atoms with E-state index in [-0.39, 0.29) is 4.90 Å². The van der Waals surface area contributed by atoms with Gasteiger partial charge in [0, 0.05) is 17.5 Å². The van der Waals surface area contributed by atoms with Crippen LogP contribution in [0.2, 0.25) is 0 Å². The number of para-hydroxylation sites is 1. The van der Waals surface area contributed by atoms with Crippen LogP contribution in [-0.2, 0) is 10.0 Å². The van der Waals surface area contributed by atoms with Gasteiger partial charge >= 0.3 is 5.63 Å². The van der Waals surface area contributed by atoms with E-state index in [9.17, 15) is 13.2 Å². The van der Waals surface area contributed by atoms with Crippen LogP contribution < -0.4 is 15.1 Å². The highest BCUT2D eigenvalue weighted by Crippen LogP contribution is 2.26. The Labute approximate surface area is 161 Å². The van der Waals surface area contributed by atoms with Crippen LogP contribution in [-0.4, -0.2) is 8.42 Å². The first-order chi connectivity index (χ1) is 13.5. The van der Waals surface area contributed by atoms with E-state index in [1.54, 1.807) is 24.3 Å². The predicted molar refractivity (Wildman–Crippen MR) is 106 cm³/mol. The Morgan fingerprint density at radius 2 is 1.57 bits per heavy atom. The fourth-order valence-electron chi connectivity index (χ4n) is 2.68. The number of rotatable bonds is 5. The molecule has 4 rings (SSSR count). The van der Waals surface area contributed by atoms with E-state index in [4.69, 9.17) is 9.15 Å². The zero-order valence-corrected chi connectivity index (χ0v) is 15.3. The Morgan fingerprint density at radius 3 is 2.39 bits per heavy atom. The molecule has 3 aromatic carbocycles. The molecule has 0 amide bonds. The van der Waals surface area contributed by atoms with Gasteiger partial charge < -0.3 is 9.15 Å². The number of benzene rings is 3. The number of sulfonamides is 1. The monoisotopic (exact) mass is 393 g/mol. The highest BCUT2D eigenvalue weighted by Gasteiger charge is 2.15. The van der Waals surface area contributed by atoms with Gasteiger partial charge in [-0.25, -0.2) is 13.2 Å². The average molecular weight is 393 g/mol. The van der Waals surface area contributed by atoms with Crippen molar-refractivity contribution in [2.45, 2.75) is 4.90 Å². The summed E-state index contributed by atoms with van der Waals surface area (Å²) in [7, 11) is -3.83. The number of hydrogen-bond donors (Lipinski definition) is 1. The molecule has 0 aliphatic rings. The summed E-state index contributed by atoms with van der Waals surface area (Å²) >= 11 is 0. The first kappa shape index (κ1) is 17.8. The maximum absolute atomic E-state index is 12.7. The second kappa shape index (κ2) is 7.21. The van der Waals surface area contributed by atoms with Gasteiger partial charge in [0.05, 0.1) is 10.6 Å². The van der Waals surface area contributed by atoms with E-state index in [2.05, 4.69) is 4.72 Å². The van der Waals surface area contributed by atoms with E-state index in [1.807, 2.05) is 30.3 Å². The Balaban J connectivity index is 1.60. The second-order valence-electron chi connectivity index (χ2n) is 6.00. The third-order valence-electron chi connectivity index (χ3n) is 3.97. The highest BCUT2D eigenvalue weighted by atomic mass is 32.2. The highest BCUT2D eigenvalue weighted by molar-refractivity contribution is 7.92. The van der Waals surface area contributed by atoms with Crippen LogP contribution in [0.3, 0.4) is 0 Å². The number of fused-ring (bicyclic) bond motifs is 1. The molecule has 1 heterocycles. The van der Waals surface area contributed by atoms with Crippen molar-refractivity contribution in [3.63, 3.8) is 0 Å². The number of hydrogen-bond acceptors (Lipinski definition) is 5. The first-order valence-corrected chi connectivity index (χ1v) is 9.88. The molecule has 0 unspecified atom stereocenters. The van der Waals surface area contributed by atoms with Gasteiger partial charge in [0.2, 0.25) is 0 Å². The van der Waals surface area contributed by atoms with Crippen LogP contribution in [0.15, 0.2) is 99.0 Å². The van der Waals surface area contributed by atoms with Crippen molar-refractivity contribution in [1.82, 2.24) is 0 Å². The molecule has 7 heteroatoms. The topological polar surface area (TPSA) is 85.6 Å². The van der Waals surface area contributed by atoms with Crippen molar-refractivity contribution in [3.05, 3.63) is 95.3 Å². The van der Waals surface area contributed by atoms with Crippen molar-refractivity contribution in [1.29, 1.82) is 0 Å². The minimum absolute atomic E-state index is 0.0585. The summed E-state index contributed by atoms with van der Waals surface area (Å²) in [4.78, 5) is 11.3. The fourth-order valence-corrected chi connectivity index (χ4v) is 3.76. The molecule has 0 aliphatic heterocycles. The number of anilines is 1. The lowest BCUT2D eigenvalue weighted by molar-refractivity contribution is 0.483. The maximum atomic E-state index is 12.7. The van der Waals surface area contributed by atoms with Crippen molar-refractivity contribution in [2.24, 2.45) is 0 Å². The van der Waals surface area contributed by atoms with Crippen molar-refractivity contribution in [2.75, 3.05) is 4.72 Å². The largest absolute Gasteiger partial charge is 0.457 e. The molecule has 1 aromatic heterocycles. The molecular weight excluding hydrogens is 378 g/mol. The van der Waals surface area contributed by atoms with Gasteiger partial charge in [-0.15, -0.1) is 0 Å². The second-order valence-corrected chi connectivity index (χ2v) is 7.68. The predicted octanol–water partition coefficient (Wildman–Crippen LogP) is 4.39.